The van der Waals surface area contributed by atoms with Crippen molar-refractivity contribution in [1.82, 2.24) is 4.90 Å². The molecule has 1 amide bonds. The van der Waals surface area contributed by atoms with Gasteiger partial charge >= 0.3 is 12.3 Å². The lowest BCUT2D eigenvalue weighted by atomic mass is 10.0. The molecule has 1 aromatic heterocycles. The predicted molar refractivity (Wildman–Crippen MR) is 92.5 cm³/mol. The van der Waals surface area contributed by atoms with E-state index in [2.05, 4.69) is 0 Å². The highest BCUT2D eigenvalue weighted by Crippen LogP contribution is 2.39. The van der Waals surface area contributed by atoms with Gasteiger partial charge < -0.3 is 19.2 Å². The van der Waals surface area contributed by atoms with E-state index in [9.17, 15) is 22.8 Å². The van der Waals surface area contributed by atoms with E-state index < -0.39 is 23.8 Å². The third-order valence-corrected chi connectivity index (χ3v) is 4.76. The summed E-state index contributed by atoms with van der Waals surface area (Å²) in [5.74, 6) is -0.578. The number of nitrogens with zero attached hydrogens (tertiary/aromatic N) is 1. The first-order chi connectivity index (χ1) is 13.1. The van der Waals surface area contributed by atoms with E-state index in [1.165, 1.54) is 19.2 Å². The van der Waals surface area contributed by atoms with Crippen molar-refractivity contribution in [2.75, 3.05) is 20.2 Å². The highest BCUT2D eigenvalue weighted by Gasteiger charge is 2.34. The second-order valence-corrected chi connectivity index (χ2v) is 6.61. The maximum absolute atomic E-state index is 12.9. The maximum Gasteiger partial charge on any atom is 0.416 e. The summed E-state index contributed by atoms with van der Waals surface area (Å²) in [6, 6.07) is 4.55. The molecule has 9 heteroatoms. The fourth-order valence-electron chi connectivity index (χ4n) is 3.28. The van der Waals surface area contributed by atoms with Crippen molar-refractivity contribution in [2.24, 2.45) is 5.92 Å². The Kier molecular flexibility index (Phi) is 5.10. The van der Waals surface area contributed by atoms with Crippen LogP contribution in [0.2, 0.25) is 0 Å². The van der Waals surface area contributed by atoms with Gasteiger partial charge in [-0.1, -0.05) is 0 Å². The number of hydrogen-bond acceptors (Lipinski definition) is 4. The third kappa shape index (κ3) is 3.69. The van der Waals surface area contributed by atoms with Gasteiger partial charge in [0.1, 0.15) is 11.5 Å². The van der Waals surface area contributed by atoms with Gasteiger partial charge in [0.05, 0.1) is 18.2 Å². The van der Waals surface area contributed by atoms with Gasteiger partial charge in [-0.15, -0.1) is 0 Å². The van der Waals surface area contributed by atoms with E-state index in [0.29, 0.717) is 17.5 Å². The smallest absolute Gasteiger partial charge is 0.416 e. The Morgan fingerprint density at radius 2 is 2.00 bits per heavy atom. The van der Waals surface area contributed by atoms with Crippen LogP contribution >= 0.6 is 0 Å². The molecule has 6 nitrogen and oxygen atoms in total. The van der Waals surface area contributed by atoms with Crippen molar-refractivity contribution in [2.45, 2.75) is 19.5 Å². The molecule has 1 unspecified atom stereocenters. The van der Waals surface area contributed by atoms with Crippen molar-refractivity contribution >= 4 is 11.9 Å². The van der Waals surface area contributed by atoms with Crippen LogP contribution in [0.4, 0.5) is 18.0 Å². The molecule has 0 aliphatic carbocycles. The molecule has 28 heavy (non-hydrogen) atoms. The SMILES string of the molecule is COc1cc(C(F)(F)F)ccc1-c1oc(C(=O)C2CCN(C(=O)O)C2)cc1C. The molecule has 2 heterocycles. The number of aryl methyl sites for hydroxylation is 1. The van der Waals surface area contributed by atoms with Crippen LogP contribution in [0.5, 0.6) is 5.75 Å². The van der Waals surface area contributed by atoms with Gasteiger partial charge in [0.2, 0.25) is 5.78 Å². The summed E-state index contributed by atoms with van der Waals surface area (Å²) in [4.78, 5) is 24.8. The van der Waals surface area contributed by atoms with Gasteiger partial charge in [-0.3, -0.25) is 4.79 Å². The molecule has 0 spiro atoms. The summed E-state index contributed by atoms with van der Waals surface area (Å²) in [6.07, 6.45) is -5.20. The second kappa shape index (κ2) is 7.21. The number of methoxy groups -OCH3 is 1. The van der Waals surface area contributed by atoms with Crippen LogP contribution in [-0.2, 0) is 6.18 Å². The summed E-state index contributed by atoms with van der Waals surface area (Å²) < 4.78 is 49.5. The van der Waals surface area contributed by atoms with Crippen molar-refractivity contribution in [3.05, 3.63) is 41.2 Å². The van der Waals surface area contributed by atoms with E-state index in [0.717, 1.165) is 17.0 Å². The molecule has 1 atom stereocenters. The number of rotatable bonds is 4. The monoisotopic (exact) mass is 397 g/mol. The molecule has 150 valence electrons. The van der Waals surface area contributed by atoms with Crippen molar-refractivity contribution in [1.29, 1.82) is 0 Å². The average molecular weight is 397 g/mol. The number of benzene rings is 1. The summed E-state index contributed by atoms with van der Waals surface area (Å²) in [7, 11) is 1.25. The fraction of sp³-hybridized carbons (Fsp3) is 0.368. The van der Waals surface area contributed by atoms with Gasteiger partial charge in [-0.2, -0.15) is 13.2 Å². The Morgan fingerprint density at radius 3 is 2.57 bits per heavy atom. The van der Waals surface area contributed by atoms with Crippen LogP contribution in [0.1, 0.15) is 28.1 Å². The normalized spacial score (nSPS) is 17.0. The highest BCUT2D eigenvalue weighted by molar-refractivity contribution is 5.97. The Morgan fingerprint density at radius 1 is 1.29 bits per heavy atom. The molecule has 0 bridgehead atoms. The number of Topliss-reactive ketones (excluding diaryl/α,β-unsaturated/α-hetero) is 1. The van der Waals surface area contributed by atoms with E-state index in [4.69, 9.17) is 14.3 Å². The standard InChI is InChI=1S/C19H18F3NO5/c1-10-7-15(16(24)11-5-6-23(9-11)18(25)26)28-17(10)13-4-3-12(19(20,21)22)8-14(13)27-2/h3-4,7-8,11H,5-6,9H2,1-2H3,(H,25,26). The zero-order valence-electron chi connectivity index (χ0n) is 15.2. The van der Waals surface area contributed by atoms with Crippen LogP contribution in [0.3, 0.4) is 0 Å². The van der Waals surface area contributed by atoms with Crippen LogP contribution in [0.15, 0.2) is 28.7 Å². The summed E-state index contributed by atoms with van der Waals surface area (Å²) in [6.45, 7) is 2.03. The van der Waals surface area contributed by atoms with Gasteiger partial charge in [-0.05, 0) is 43.2 Å². The Hall–Kier alpha value is -2.97. The van der Waals surface area contributed by atoms with Gasteiger partial charge in [0.25, 0.3) is 0 Å². The molecule has 3 rings (SSSR count). The number of furan rings is 1. The number of alkyl halides is 3. The molecule has 1 aliphatic rings. The number of likely N-dealkylation sites (tertiary alicyclic amines) is 1. The minimum absolute atomic E-state index is 0.0239. The first kappa shape index (κ1) is 19.8. The summed E-state index contributed by atoms with van der Waals surface area (Å²) in [5.41, 5.74) is 0.00783. The van der Waals surface area contributed by atoms with Crippen LogP contribution in [-0.4, -0.2) is 42.1 Å². The number of hydrogen-bond donors (Lipinski definition) is 1. The van der Waals surface area contributed by atoms with Gasteiger partial charge in [0.15, 0.2) is 5.76 Å². The summed E-state index contributed by atoms with van der Waals surface area (Å²) in [5, 5.41) is 9.01. The number of amides is 1. The average Bonchev–Trinajstić information content (AvgIpc) is 3.27. The van der Waals surface area contributed by atoms with Crippen molar-refractivity contribution in [3.8, 4) is 17.1 Å². The molecule has 0 radical (unpaired) electrons. The van der Waals surface area contributed by atoms with Crippen molar-refractivity contribution in [3.63, 3.8) is 0 Å². The van der Waals surface area contributed by atoms with Gasteiger partial charge in [0, 0.05) is 19.0 Å². The van der Waals surface area contributed by atoms with E-state index in [1.54, 1.807) is 6.92 Å². The lowest BCUT2D eigenvalue weighted by Gasteiger charge is -2.12. The van der Waals surface area contributed by atoms with E-state index >= 15 is 0 Å². The van der Waals surface area contributed by atoms with Crippen LogP contribution < -0.4 is 4.74 Å². The zero-order chi connectivity index (χ0) is 20.6. The number of halogens is 3. The number of carbonyl (C=O) groups is 2. The molecule has 1 N–H and O–H groups in total. The van der Waals surface area contributed by atoms with E-state index in [-0.39, 0.29) is 36.1 Å². The second-order valence-electron chi connectivity index (χ2n) is 6.61. The number of carbonyl (C=O) groups excluding carboxylic acids is 1. The minimum atomic E-state index is -4.51. The zero-order valence-corrected chi connectivity index (χ0v) is 15.2. The topological polar surface area (TPSA) is 80.0 Å². The fourth-order valence-corrected chi connectivity index (χ4v) is 3.28. The predicted octanol–water partition coefficient (Wildman–Crippen LogP) is 4.47. The Bertz CT molecular complexity index is 919. The van der Waals surface area contributed by atoms with E-state index in [1.807, 2.05) is 0 Å². The maximum atomic E-state index is 12.9. The molecule has 0 saturated carbocycles. The summed E-state index contributed by atoms with van der Waals surface area (Å²) >= 11 is 0. The quantitative estimate of drug-likeness (QED) is 0.771. The molecular formula is C19H18F3NO5. The first-order valence-electron chi connectivity index (χ1n) is 8.50. The molecular weight excluding hydrogens is 379 g/mol. The van der Waals surface area contributed by atoms with Crippen LogP contribution in [0, 0.1) is 12.8 Å². The number of ketones is 1. The minimum Gasteiger partial charge on any atom is -0.496 e. The Balaban J connectivity index is 1.91. The van der Waals surface area contributed by atoms with Crippen LogP contribution in [0.25, 0.3) is 11.3 Å². The molecule has 2 aromatic rings. The first-order valence-corrected chi connectivity index (χ1v) is 8.50. The lowest BCUT2D eigenvalue weighted by molar-refractivity contribution is -0.137. The molecule has 1 fully saturated rings. The molecule has 1 aromatic carbocycles. The third-order valence-electron chi connectivity index (χ3n) is 4.76. The number of ether oxygens (including phenoxy) is 1. The molecule has 1 saturated heterocycles. The largest absolute Gasteiger partial charge is 0.496 e. The lowest BCUT2D eigenvalue weighted by Crippen LogP contribution is -2.28. The number of carboxylic acid groups (broad SMARTS) is 1. The Labute approximate surface area is 158 Å². The van der Waals surface area contributed by atoms with Gasteiger partial charge in [-0.25, -0.2) is 4.79 Å². The molecule has 1 aliphatic heterocycles. The highest BCUT2D eigenvalue weighted by atomic mass is 19.4. The van der Waals surface area contributed by atoms with Crippen molar-refractivity contribution < 1.29 is 37.0 Å².